The Hall–Kier alpha value is -2.61. The van der Waals surface area contributed by atoms with E-state index in [-0.39, 0.29) is 11.8 Å². The van der Waals surface area contributed by atoms with Crippen LogP contribution in [0.15, 0.2) is 28.8 Å². The summed E-state index contributed by atoms with van der Waals surface area (Å²) in [6, 6.07) is 8.03. The molecule has 0 spiro atoms. The molecular formula is C24H37N5O3. The van der Waals surface area contributed by atoms with Crippen LogP contribution in [0.2, 0.25) is 0 Å². The van der Waals surface area contributed by atoms with Crippen molar-refractivity contribution in [2.75, 3.05) is 51.3 Å². The Kier molecular flexibility index (Phi) is 9.34. The van der Waals surface area contributed by atoms with Gasteiger partial charge in [0.1, 0.15) is 5.75 Å². The molecular weight excluding hydrogens is 406 g/mol. The van der Waals surface area contributed by atoms with Crippen molar-refractivity contribution in [3.63, 3.8) is 0 Å². The van der Waals surface area contributed by atoms with Crippen molar-refractivity contribution in [2.24, 2.45) is 5.92 Å². The second-order valence-electron chi connectivity index (χ2n) is 8.40. The Bertz CT molecular complexity index is 817. The van der Waals surface area contributed by atoms with Gasteiger partial charge in [0, 0.05) is 25.2 Å². The molecule has 2 heterocycles. The average molecular weight is 444 g/mol. The molecule has 1 amide bonds. The minimum Gasteiger partial charge on any atom is -0.497 e. The summed E-state index contributed by atoms with van der Waals surface area (Å²) in [6.07, 6.45) is 5.13. The Balaban J connectivity index is 1.48. The second-order valence-corrected chi connectivity index (χ2v) is 8.40. The first-order valence-corrected chi connectivity index (χ1v) is 11.9. The molecule has 1 aromatic heterocycles. The standard InChI is InChI=1S/C24H37N5O3/c1-4-14-28(15-5-2)16-7-13-25-23(30)20-8-6-17-29(18-20)24-26-22(27-32-24)19-9-11-21(31-3)12-10-19/h9-12,20H,4-8,13-18H2,1-3H3,(H,25,30)/t20-/m1/s1. The van der Waals surface area contributed by atoms with Gasteiger partial charge >= 0.3 is 6.01 Å². The largest absolute Gasteiger partial charge is 0.497 e. The lowest BCUT2D eigenvalue weighted by Gasteiger charge is -2.30. The topological polar surface area (TPSA) is 83.7 Å². The zero-order chi connectivity index (χ0) is 22.8. The predicted molar refractivity (Wildman–Crippen MR) is 126 cm³/mol. The molecule has 0 radical (unpaired) electrons. The number of benzene rings is 1. The molecule has 1 aromatic carbocycles. The summed E-state index contributed by atoms with van der Waals surface area (Å²) in [5.41, 5.74) is 0.868. The quantitative estimate of drug-likeness (QED) is 0.502. The van der Waals surface area contributed by atoms with Crippen LogP contribution in [0.5, 0.6) is 5.75 Å². The van der Waals surface area contributed by atoms with E-state index in [2.05, 4.69) is 34.2 Å². The first-order valence-electron chi connectivity index (χ1n) is 11.9. The van der Waals surface area contributed by atoms with Gasteiger partial charge in [-0.05, 0) is 76.0 Å². The highest BCUT2D eigenvalue weighted by Crippen LogP contribution is 2.25. The summed E-state index contributed by atoms with van der Waals surface area (Å²) < 4.78 is 10.7. The molecule has 8 nitrogen and oxygen atoms in total. The lowest BCUT2D eigenvalue weighted by atomic mass is 9.97. The third kappa shape index (κ3) is 6.69. The van der Waals surface area contributed by atoms with Crippen LogP contribution in [0.3, 0.4) is 0 Å². The number of methoxy groups -OCH3 is 1. The van der Waals surface area contributed by atoms with Crippen molar-refractivity contribution in [3.8, 4) is 17.1 Å². The van der Waals surface area contributed by atoms with Crippen molar-refractivity contribution < 1.29 is 14.1 Å². The van der Waals surface area contributed by atoms with Gasteiger partial charge in [-0.25, -0.2) is 0 Å². The number of rotatable bonds is 12. The van der Waals surface area contributed by atoms with Gasteiger partial charge in [0.05, 0.1) is 13.0 Å². The number of hydrogen-bond acceptors (Lipinski definition) is 7. The molecule has 2 aromatic rings. The number of amides is 1. The Morgan fingerprint density at radius 1 is 1.22 bits per heavy atom. The highest BCUT2D eigenvalue weighted by atomic mass is 16.5. The van der Waals surface area contributed by atoms with Gasteiger partial charge in [-0.1, -0.05) is 19.0 Å². The van der Waals surface area contributed by atoms with Gasteiger partial charge in [-0.2, -0.15) is 4.98 Å². The van der Waals surface area contributed by atoms with Gasteiger partial charge < -0.3 is 24.4 Å². The molecule has 1 aliphatic heterocycles. The fraction of sp³-hybridized carbons (Fsp3) is 0.625. The monoisotopic (exact) mass is 443 g/mol. The van der Waals surface area contributed by atoms with Crippen molar-refractivity contribution in [3.05, 3.63) is 24.3 Å². The summed E-state index contributed by atoms with van der Waals surface area (Å²) in [5, 5.41) is 7.26. The summed E-state index contributed by atoms with van der Waals surface area (Å²) in [6.45, 7) is 9.86. The van der Waals surface area contributed by atoms with E-state index in [4.69, 9.17) is 9.26 Å². The van der Waals surface area contributed by atoms with Crippen LogP contribution in [-0.2, 0) is 4.79 Å². The predicted octanol–water partition coefficient (Wildman–Crippen LogP) is 3.59. The number of carbonyl (C=O) groups excluding carboxylic acids is 1. The first-order chi connectivity index (χ1) is 15.6. The van der Waals surface area contributed by atoms with E-state index >= 15 is 0 Å². The van der Waals surface area contributed by atoms with E-state index < -0.39 is 0 Å². The third-order valence-corrected chi connectivity index (χ3v) is 5.86. The van der Waals surface area contributed by atoms with Crippen LogP contribution < -0.4 is 15.0 Å². The maximum atomic E-state index is 12.7. The molecule has 1 aliphatic rings. The zero-order valence-corrected chi connectivity index (χ0v) is 19.7. The highest BCUT2D eigenvalue weighted by Gasteiger charge is 2.28. The molecule has 176 valence electrons. The summed E-state index contributed by atoms with van der Waals surface area (Å²) in [4.78, 5) is 21.8. The van der Waals surface area contributed by atoms with Crippen molar-refractivity contribution in [1.29, 1.82) is 0 Å². The van der Waals surface area contributed by atoms with Gasteiger partial charge in [-0.15, -0.1) is 0 Å². The fourth-order valence-electron chi connectivity index (χ4n) is 4.19. The van der Waals surface area contributed by atoms with E-state index in [1.165, 1.54) is 12.8 Å². The molecule has 1 fully saturated rings. The van der Waals surface area contributed by atoms with Crippen molar-refractivity contribution >= 4 is 11.9 Å². The Morgan fingerprint density at radius 2 is 1.97 bits per heavy atom. The molecule has 0 aliphatic carbocycles. The molecule has 3 rings (SSSR count). The van der Waals surface area contributed by atoms with Crippen molar-refractivity contribution in [2.45, 2.75) is 46.0 Å². The summed E-state index contributed by atoms with van der Waals surface area (Å²) in [7, 11) is 1.64. The van der Waals surface area contributed by atoms with Gasteiger partial charge in [-0.3, -0.25) is 4.79 Å². The van der Waals surface area contributed by atoms with Crippen LogP contribution in [0.25, 0.3) is 11.4 Å². The van der Waals surface area contributed by atoms with Crippen LogP contribution >= 0.6 is 0 Å². The van der Waals surface area contributed by atoms with Gasteiger partial charge in [0.25, 0.3) is 0 Å². The molecule has 1 N–H and O–H groups in total. The fourth-order valence-corrected chi connectivity index (χ4v) is 4.19. The number of nitrogens with zero attached hydrogens (tertiary/aromatic N) is 4. The number of anilines is 1. The molecule has 1 atom stereocenters. The number of aromatic nitrogens is 2. The normalized spacial score (nSPS) is 16.4. The maximum Gasteiger partial charge on any atom is 0.324 e. The van der Waals surface area contributed by atoms with Gasteiger partial charge in [0.15, 0.2) is 0 Å². The summed E-state index contributed by atoms with van der Waals surface area (Å²) >= 11 is 0. The Labute approximate surface area is 191 Å². The second kappa shape index (κ2) is 12.4. The number of nitrogens with one attached hydrogen (secondary N) is 1. The van der Waals surface area contributed by atoms with E-state index in [9.17, 15) is 4.79 Å². The lowest BCUT2D eigenvalue weighted by molar-refractivity contribution is -0.125. The smallest absolute Gasteiger partial charge is 0.324 e. The summed E-state index contributed by atoms with van der Waals surface area (Å²) in [5.74, 6) is 1.40. The van der Waals surface area contributed by atoms with E-state index in [1.54, 1.807) is 7.11 Å². The minimum absolute atomic E-state index is 0.0533. The maximum absolute atomic E-state index is 12.7. The first kappa shape index (κ1) is 24.0. The lowest BCUT2D eigenvalue weighted by Crippen LogP contribution is -2.43. The van der Waals surface area contributed by atoms with Crippen LogP contribution in [-0.4, -0.2) is 67.3 Å². The SMILES string of the molecule is CCCN(CCC)CCCNC(=O)[C@@H]1CCCN(c2nc(-c3ccc(OC)cc3)no2)C1. The number of hydrogen-bond donors (Lipinski definition) is 1. The average Bonchev–Trinajstić information content (AvgIpc) is 3.32. The molecule has 0 unspecified atom stereocenters. The van der Waals surface area contributed by atoms with E-state index in [0.717, 1.165) is 63.3 Å². The Morgan fingerprint density at radius 3 is 2.66 bits per heavy atom. The van der Waals surface area contributed by atoms with E-state index in [1.807, 2.05) is 29.2 Å². The number of ether oxygens (including phenoxy) is 1. The van der Waals surface area contributed by atoms with Crippen molar-refractivity contribution in [1.82, 2.24) is 20.4 Å². The zero-order valence-electron chi connectivity index (χ0n) is 19.7. The number of piperidine rings is 1. The van der Waals surface area contributed by atoms with Crippen LogP contribution in [0.4, 0.5) is 6.01 Å². The molecule has 1 saturated heterocycles. The van der Waals surface area contributed by atoms with Crippen LogP contribution in [0, 0.1) is 5.92 Å². The van der Waals surface area contributed by atoms with Gasteiger partial charge in [0.2, 0.25) is 11.7 Å². The van der Waals surface area contributed by atoms with E-state index in [0.29, 0.717) is 18.4 Å². The molecule has 0 saturated carbocycles. The third-order valence-electron chi connectivity index (χ3n) is 5.86. The minimum atomic E-state index is -0.0533. The molecule has 32 heavy (non-hydrogen) atoms. The molecule has 0 bridgehead atoms. The highest BCUT2D eigenvalue weighted by molar-refractivity contribution is 5.79. The van der Waals surface area contributed by atoms with Crippen LogP contribution in [0.1, 0.15) is 46.0 Å². The molecule has 8 heteroatoms. The number of carbonyl (C=O) groups is 1.